The van der Waals surface area contributed by atoms with Gasteiger partial charge in [0.15, 0.2) is 0 Å². The topological polar surface area (TPSA) is 29.5 Å². The highest BCUT2D eigenvalue weighted by molar-refractivity contribution is 4.79. The van der Waals surface area contributed by atoms with Crippen LogP contribution in [0.3, 0.4) is 0 Å². The second-order valence-corrected chi connectivity index (χ2v) is 3.48. The molecule has 0 radical (unpaired) electrons. The van der Waals surface area contributed by atoms with Crippen molar-refractivity contribution in [1.29, 1.82) is 0 Å². The van der Waals surface area contributed by atoms with Crippen molar-refractivity contribution in [2.75, 3.05) is 13.2 Å². The number of hydrogen-bond acceptors (Lipinski definition) is 2. The SMILES string of the molecule is CC1(C)CO[C@H](CO)C1. The third kappa shape index (κ3) is 1.66. The molecule has 1 aliphatic heterocycles. The molecule has 0 aliphatic carbocycles. The van der Waals surface area contributed by atoms with Crippen LogP contribution in [0.15, 0.2) is 0 Å². The number of aliphatic hydroxyl groups excluding tert-OH is 1. The van der Waals surface area contributed by atoms with Crippen LogP contribution in [-0.4, -0.2) is 24.4 Å². The van der Waals surface area contributed by atoms with Crippen molar-refractivity contribution in [3.05, 3.63) is 0 Å². The zero-order chi connectivity index (χ0) is 6.91. The van der Waals surface area contributed by atoms with Gasteiger partial charge in [0.2, 0.25) is 0 Å². The lowest BCUT2D eigenvalue weighted by molar-refractivity contribution is 0.0546. The van der Waals surface area contributed by atoms with Gasteiger partial charge in [-0.25, -0.2) is 0 Å². The molecule has 1 atom stereocenters. The van der Waals surface area contributed by atoms with E-state index in [-0.39, 0.29) is 18.1 Å². The summed E-state index contributed by atoms with van der Waals surface area (Å²) in [5.41, 5.74) is 0.285. The molecule has 54 valence electrons. The summed E-state index contributed by atoms with van der Waals surface area (Å²) in [7, 11) is 0. The quantitative estimate of drug-likeness (QED) is 0.568. The molecule has 1 heterocycles. The number of aliphatic hydroxyl groups is 1. The van der Waals surface area contributed by atoms with Crippen LogP contribution in [-0.2, 0) is 4.74 Å². The average Bonchev–Trinajstić information content (AvgIpc) is 2.10. The number of hydrogen-bond donors (Lipinski definition) is 1. The van der Waals surface area contributed by atoms with Crippen molar-refractivity contribution in [3.63, 3.8) is 0 Å². The Morgan fingerprint density at radius 1 is 1.67 bits per heavy atom. The minimum Gasteiger partial charge on any atom is -0.394 e. The molecule has 0 aromatic rings. The first-order valence-corrected chi connectivity index (χ1v) is 3.36. The van der Waals surface area contributed by atoms with E-state index in [0.717, 1.165) is 13.0 Å². The average molecular weight is 130 g/mol. The van der Waals surface area contributed by atoms with Gasteiger partial charge in [-0.1, -0.05) is 13.8 Å². The van der Waals surface area contributed by atoms with Crippen molar-refractivity contribution < 1.29 is 9.84 Å². The molecule has 0 saturated carbocycles. The van der Waals surface area contributed by atoms with Crippen LogP contribution < -0.4 is 0 Å². The Bertz CT molecular complexity index is 99.1. The van der Waals surface area contributed by atoms with Crippen LogP contribution in [0.25, 0.3) is 0 Å². The van der Waals surface area contributed by atoms with Gasteiger partial charge < -0.3 is 9.84 Å². The van der Waals surface area contributed by atoms with Crippen LogP contribution in [0.5, 0.6) is 0 Å². The minimum absolute atomic E-state index is 0.0972. The standard InChI is InChI=1S/C7H14O2/c1-7(2)3-6(4-8)9-5-7/h6,8H,3-5H2,1-2H3/t6-/m0/s1. The fourth-order valence-electron chi connectivity index (χ4n) is 1.19. The van der Waals surface area contributed by atoms with Crippen molar-refractivity contribution in [1.82, 2.24) is 0 Å². The Hall–Kier alpha value is -0.0800. The third-order valence-electron chi connectivity index (χ3n) is 1.69. The van der Waals surface area contributed by atoms with Gasteiger partial charge >= 0.3 is 0 Å². The van der Waals surface area contributed by atoms with Gasteiger partial charge in [-0.05, 0) is 11.8 Å². The van der Waals surface area contributed by atoms with Gasteiger partial charge in [0.1, 0.15) is 0 Å². The fourth-order valence-corrected chi connectivity index (χ4v) is 1.19. The molecule has 1 rings (SSSR count). The summed E-state index contributed by atoms with van der Waals surface area (Å²) in [6.45, 7) is 5.27. The monoisotopic (exact) mass is 130 g/mol. The number of rotatable bonds is 1. The van der Waals surface area contributed by atoms with Crippen LogP contribution in [0.2, 0.25) is 0 Å². The largest absolute Gasteiger partial charge is 0.394 e. The molecule has 0 spiro atoms. The molecule has 1 fully saturated rings. The molecule has 9 heavy (non-hydrogen) atoms. The Morgan fingerprint density at radius 2 is 2.33 bits per heavy atom. The molecule has 1 saturated heterocycles. The molecule has 2 heteroatoms. The Balaban J connectivity index is 2.38. The highest BCUT2D eigenvalue weighted by Crippen LogP contribution is 2.30. The third-order valence-corrected chi connectivity index (χ3v) is 1.69. The lowest BCUT2D eigenvalue weighted by Crippen LogP contribution is -2.12. The Labute approximate surface area is 55.8 Å². The molecule has 0 aromatic heterocycles. The number of ether oxygens (including phenoxy) is 1. The lowest BCUT2D eigenvalue weighted by Gasteiger charge is -2.12. The predicted octanol–water partition coefficient (Wildman–Crippen LogP) is 0.794. The van der Waals surface area contributed by atoms with E-state index >= 15 is 0 Å². The molecule has 0 unspecified atom stereocenters. The molecule has 2 nitrogen and oxygen atoms in total. The van der Waals surface area contributed by atoms with E-state index in [1.807, 2.05) is 0 Å². The van der Waals surface area contributed by atoms with Gasteiger partial charge in [-0.2, -0.15) is 0 Å². The Morgan fingerprint density at radius 3 is 2.56 bits per heavy atom. The van der Waals surface area contributed by atoms with Gasteiger partial charge in [-0.3, -0.25) is 0 Å². The van der Waals surface area contributed by atoms with Crippen LogP contribution in [0.1, 0.15) is 20.3 Å². The van der Waals surface area contributed by atoms with Gasteiger partial charge in [0.25, 0.3) is 0 Å². The first kappa shape index (κ1) is 7.03. The molecular weight excluding hydrogens is 116 g/mol. The summed E-state index contributed by atoms with van der Waals surface area (Å²) in [4.78, 5) is 0. The van der Waals surface area contributed by atoms with E-state index in [9.17, 15) is 0 Å². The van der Waals surface area contributed by atoms with E-state index < -0.39 is 0 Å². The van der Waals surface area contributed by atoms with Crippen LogP contribution in [0, 0.1) is 5.41 Å². The van der Waals surface area contributed by atoms with Crippen molar-refractivity contribution in [2.24, 2.45) is 5.41 Å². The summed E-state index contributed by atoms with van der Waals surface area (Å²) >= 11 is 0. The lowest BCUT2D eigenvalue weighted by atomic mass is 9.91. The normalized spacial score (nSPS) is 33.0. The maximum Gasteiger partial charge on any atom is 0.0811 e. The summed E-state index contributed by atoms with van der Waals surface area (Å²) in [6.07, 6.45) is 1.09. The zero-order valence-electron chi connectivity index (χ0n) is 6.05. The van der Waals surface area contributed by atoms with E-state index in [1.54, 1.807) is 0 Å². The van der Waals surface area contributed by atoms with E-state index in [0.29, 0.717) is 0 Å². The summed E-state index contributed by atoms with van der Waals surface area (Å²) in [6, 6.07) is 0. The van der Waals surface area contributed by atoms with Crippen LogP contribution in [0.4, 0.5) is 0 Å². The van der Waals surface area contributed by atoms with Gasteiger partial charge in [-0.15, -0.1) is 0 Å². The summed E-state index contributed by atoms with van der Waals surface area (Å²) in [5.74, 6) is 0. The molecular formula is C7H14O2. The zero-order valence-corrected chi connectivity index (χ0v) is 6.05. The Kier molecular flexibility index (Phi) is 1.78. The first-order chi connectivity index (χ1) is 4.14. The minimum atomic E-state index is 0.0972. The summed E-state index contributed by atoms with van der Waals surface area (Å²) in [5, 5.41) is 8.67. The molecule has 1 N–H and O–H groups in total. The molecule has 0 aromatic carbocycles. The molecule has 0 amide bonds. The molecule has 0 bridgehead atoms. The van der Waals surface area contributed by atoms with Crippen molar-refractivity contribution in [2.45, 2.75) is 26.4 Å². The van der Waals surface area contributed by atoms with Crippen molar-refractivity contribution in [3.8, 4) is 0 Å². The molecule has 1 aliphatic rings. The van der Waals surface area contributed by atoms with E-state index in [4.69, 9.17) is 9.84 Å². The smallest absolute Gasteiger partial charge is 0.0811 e. The van der Waals surface area contributed by atoms with E-state index in [2.05, 4.69) is 13.8 Å². The second kappa shape index (κ2) is 2.27. The maximum absolute atomic E-state index is 8.67. The first-order valence-electron chi connectivity index (χ1n) is 3.36. The second-order valence-electron chi connectivity index (χ2n) is 3.48. The van der Waals surface area contributed by atoms with Gasteiger partial charge in [0, 0.05) is 0 Å². The van der Waals surface area contributed by atoms with Gasteiger partial charge in [0.05, 0.1) is 19.3 Å². The summed E-state index contributed by atoms with van der Waals surface area (Å²) < 4.78 is 5.27. The van der Waals surface area contributed by atoms with Crippen LogP contribution >= 0.6 is 0 Å². The van der Waals surface area contributed by atoms with Crippen molar-refractivity contribution >= 4 is 0 Å². The predicted molar refractivity (Wildman–Crippen MR) is 35.2 cm³/mol. The van der Waals surface area contributed by atoms with E-state index in [1.165, 1.54) is 0 Å². The maximum atomic E-state index is 8.67. The highest BCUT2D eigenvalue weighted by atomic mass is 16.5. The highest BCUT2D eigenvalue weighted by Gasteiger charge is 2.30. The fraction of sp³-hybridized carbons (Fsp3) is 1.00.